The van der Waals surface area contributed by atoms with E-state index in [0.29, 0.717) is 6.42 Å². The molecule has 1 aliphatic rings. The average molecular weight is 288 g/mol. The van der Waals surface area contributed by atoms with Crippen molar-refractivity contribution < 1.29 is 4.79 Å². The summed E-state index contributed by atoms with van der Waals surface area (Å²) in [6, 6.07) is 8.54. The van der Waals surface area contributed by atoms with Crippen molar-refractivity contribution in [2.24, 2.45) is 7.05 Å². The van der Waals surface area contributed by atoms with Crippen LogP contribution in [-0.2, 0) is 23.0 Å². The number of thioether (sulfide) groups is 1. The Hall–Kier alpha value is -1.42. The monoisotopic (exact) mass is 288 g/mol. The van der Waals surface area contributed by atoms with Crippen LogP contribution in [-0.4, -0.2) is 23.3 Å². The van der Waals surface area contributed by atoms with Gasteiger partial charge in [-0.05, 0) is 30.7 Å². The number of para-hydroxylation sites is 1. The molecule has 0 fully saturated rings. The molecule has 1 N–H and O–H groups in total. The molecule has 20 heavy (non-hydrogen) atoms. The summed E-state index contributed by atoms with van der Waals surface area (Å²) in [5.74, 6) is 1.19. The highest BCUT2D eigenvalue weighted by atomic mass is 32.2. The van der Waals surface area contributed by atoms with Crippen molar-refractivity contribution in [1.82, 2.24) is 9.88 Å². The smallest absolute Gasteiger partial charge is 0.221 e. The second-order valence-corrected chi connectivity index (χ2v) is 7.18. The van der Waals surface area contributed by atoms with Crippen LogP contribution in [0.15, 0.2) is 24.3 Å². The summed E-state index contributed by atoms with van der Waals surface area (Å²) < 4.78 is 2.14. The summed E-state index contributed by atoms with van der Waals surface area (Å²) in [5.41, 5.74) is 4.01. The molecular weight excluding hydrogens is 268 g/mol. The molecule has 0 spiro atoms. The molecule has 1 aromatic carbocycles. The molecule has 2 heterocycles. The lowest BCUT2D eigenvalue weighted by molar-refractivity contribution is -0.121. The molecule has 0 saturated carbocycles. The summed E-state index contributed by atoms with van der Waals surface area (Å²) in [6.45, 7) is 2.20. The van der Waals surface area contributed by atoms with E-state index in [-0.39, 0.29) is 10.7 Å². The molecule has 106 valence electrons. The maximum absolute atomic E-state index is 11.9. The molecule has 2 aromatic rings. The fourth-order valence-electron chi connectivity index (χ4n) is 3.38. The van der Waals surface area contributed by atoms with Crippen LogP contribution in [0.5, 0.6) is 0 Å². The Morgan fingerprint density at radius 3 is 2.95 bits per heavy atom. The maximum atomic E-state index is 11.9. The number of nitrogens with one attached hydrogen (secondary N) is 1. The van der Waals surface area contributed by atoms with Gasteiger partial charge in [-0.15, -0.1) is 11.8 Å². The van der Waals surface area contributed by atoms with E-state index < -0.39 is 0 Å². The first-order valence-electron chi connectivity index (χ1n) is 6.98. The van der Waals surface area contributed by atoms with Gasteiger partial charge in [0.2, 0.25) is 5.91 Å². The summed E-state index contributed by atoms with van der Waals surface area (Å²) in [4.78, 5) is 11.9. The molecular formula is C16H20N2OS. The van der Waals surface area contributed by atoms with Crippen LogP contribution in [0.1, 0.15) is 24.6 Å². The first-order valence-corrected chi connectivity index (χ1v) is 7.96. The third-order valence-corrected chi connectivity index (χ3v) is 5.65. The molecule has 3 rings (SSSR count). The number of aromatic nitrogens is 1. The Morgan fingerprint density at radius 1 is 1.45 bits per heavy atom. The van der Waals surface area contributed by atoms with Gasteiger partial charge in [-0.25, -0.2) is 0 Å². The van der Waals surface area contributed by atoms with E-state index >= 15 is 0 Å². The van der Waals surface area contributed by atoms with Crippen LogP contribution in [0.25, 0.3) is 10.9 Å². The van der Waals surface area contributed by atoms with Gasteiger partial charge in [-0.2, -0.15) is 0 Å². The zero-order valence-corrected chi connectivity index (χ0v) is 13.0. The number of benzene rings is 1. The summed E-state index contributed by atoms with van der Waals surface area (Å²) in [5, 5.41) is 4.10. The minimum atomic E-state index is -0.137. The van der Waals surface area contributed by atoms with E-state index in [2.05, 4.69) is 48.1 Å². The number of hydrogen-bond donors (Lipinski definition) is 1. The number of aryl methyl sites for hydroxylation is 2. The summed E-state index contributed by atoms with van der Waals surface area (Å²) >= 11 is 1.90. The van der Waals surface area contributed by atoms with Crippen molar-refractivity contribution >= 4 is 28.6 Å². The Morgan fingerprint density at radius 2 is 2.20 bits per heavy atom. The van der Waals surface area contributed by atoms with Gasteiger partial charge in [0.25, 0.3) is 0 Å². The predicted octanol–water partition coefficient (Wildman–Crippen LogP) is 2.82. The van der Waals surface area contributed by atoms with E-state index in [1.54, 1.807) is 7.05 Å². The number of fused-ring (bicyclic) bond motifs is 3. The number of amides is 1. The molecule has 3 nitrogen and oxygen atoms in total. The van der Waals surface area contributed by atoms with Crippen LogP contribution in [0.3, 0.4) is 0 Å². The molecule has 0 aliphatic carbocycles. The van der Waals surface area contributed by atoms with Gasteiger partial charge < -0.3 is 9.88 Å². The molecule has 0 saturated heterocycles. The fraction of sp³-hybridized carbons (Fsp3) is 0.438. The Labute approximate surface area is 123 Å². The highest BCUT2D eigenvalue weighted by Gasteiger charge is 2.38. The van der Waals surface area contributed by atoms with Crippen LogP contribution >= 0.6 is 11.8 Å². The minimum Gasteiger partial charge on any atom is -0.359 e. The highest BCUT2D eigenvalue weighted by molar-refractivity contribution is 8.00. The first-order chi connectivity index (χ1) is 9.57. The van der Waals surface area contributed by atoms with Crippen molar-refractivity contribution in [2.75, 3.05) is 12.8 Å². The second kappa shape index (κ2) is 4.85. The van der Waals surface area contributed by atoms with E-state index in [4.69, 9.17) is 0 Å². The van der Waals surface area contributed by atoms with E-state index in [1.165, 1.54) is 22.2 Å². The average Bonchev–Trinajstić information content (AvgIpc) is 2.74. The van der Waals surface area contributed by atoms with Crippen LogP contribution < -0.4 is 5.32 Å². The normalized spacial score (nSPS) is 21.8. The third kappa shape index (κ3) is 1.94. The molecule has 1 aromatic heterocycles. The van der Waals surface area contributed by atoms with E-state index in [0.717, 1.165) is 12.2 Å². The Kier molecular flexibility index (Phi) is 3.28. The summed E-state index contributed by atoms with van der Waals surface area (Å²) in [7, 11) is 3.83. The molecule has 1 amide bonds. The fourth-order valence-corrected chi connectivity index (χ4v) is 4.76. The van der Waals surface area contributed by atoms with Crippen molar-refractivity contribution in [3.8, 4) is 0 Å². The summed E-state index contributed by atoms with van der Waals surface area (Å²) in [6.07, 6.45) is 1.62. The van der Waals surface area contributed by atoms with Crippen molar-refractivity contribution in [3.05, 3.63) is 35.5 Å². The first kappa shape index (κ1) is 13.6. The van der Waals surface area contributed by atoms with Gasteiger partial charge in [0.05, 0.1) is 4.75 Å². The largest absolute Gasteiger partial charge is 0.359 e. The van der Waals surface area contributed by atoms with E-state index in [1.807, 2.05) is 11.8 Å². The SMILES string of the molecule is CNC(=O)CC1(C)SCCc2c1n(C)c1ccccc21. The number of carbonyl (C=O) groups is 1. The van der Waals surface area contributed by atoms with Crippen LogP contribution in [0, 0.1) is 0 Å². The molecule has 0 radical (unpaired) electrons. The lowest BCUT2D eigenvalue weighted by Crippen LogP contribution is -2.33. The molecule has 1 atom stereocenters. The number of carbonyl (C=O) groups excluding carboxylic acids is 1. The van der Waals surface area contributed by atoms with Gasteiger partial charge >= 0.3 is 0 Å². The number of rotatable bonds is 2. The quantitative estimate of drug-likeness (QED) is 0.922. The maximum Gasteiger partial charge on any atom is 0.221 e. The standard InChI is InChI=1S/C16H20N2OS/c1-16(10-14(19)17-2)15-12(8-9-20-16)11-6-4-5-7-13(11)18(15)3/h4-7H,8-10H2,1-3H3,(H,17,19). The zero-order chi connectivity index (χ0) is 14.3. The predicted molar refractivity (Wildman–Crippen MR) is 85.1 cm³/mol. The molecule has 0 bridgehead atoms. The van der Waals surface area contributed by atoms with Crippen molar-refractivity contribution in [2.45, 2.75) is 24.5 Å². The van der Waals surface area contributed by atoms with E-state index in [9.17, 15) is 4.79 Å². The van der Waals surface area contributed by atoms with Gasteiger partial charge in [-0.3, -0.25) is 4.79 Å². The van der Waals surface area contributed by atoms with Crippen molar-refractivity contribution in [1.29, 1.82) is 0 Å². The van der Waals surface area contributed by atoms with Crippen LogP contribution in [0.4, 0.5) is 0 Å². The Bertz CT molecular complexity index is 676. The second-order valence-electron chi connectivity index (χ2n) is 5.58. The number of hydrogen-bond acceptors (Lipinski definition) is 2. The van der Waals surface area contributed by atoms with Crippen LogP contribution in [0.2, 0.25) is 0 Å². The highest BCUT2D eigenvalue weighted by Crippen LogP contribution is 2.47. The van der Waals surface area contributed by atoms with Gasteiger partial charge in [0.1, 0.15) is 0 Å². The lowest BCUT2D eigenvalue weighted by Gasteiger charge is -2.34. The minimum absolute atomic E-state index is 0.109. The van der Waals surface area contributed by atoms with Gasteiger partial charge in [0, 0.05) is 37.1 Å². The molecule has 1 aliphatic heterocycles. The lowest BCUT2D eigenvalue weighted by atomic mass is 9.95. The molecule has 4 heteroatoms. The molecule has 1 unspecified atom stereocenters. The van der Waals surface area contributed by atoms with Crippen molar-refractivity contribution in [3.63, 3.8) is 0 Å². The van der Waals surface area contributed by atoms with Gasteiger partial charge in [0.15, 0.2) is 0 Å². The third-order valence-electron chi connectivity index (χ3n) is 4.26. The number of nitrogens with zero attached hydrogens (tertiary/aromatic N) is 1. The zero-order valence-electron chi connectivity index (χ0n) is 12.2. The Balaban J connectivity index is 2.20. The topological polar surface area (TPSA) is 34.0 Å². The van der Waals surface area contributed by atoms with Gasteiger partial charge in [-0.1, -0.05) is 18.2 Å².